The van der Waals surface area contributed by atoms with Crippen molar-refractivity contribution in [2.45, 2.75) is 44.3 Å². The van der Waals surface area contributed by atoms with Gasteiger partial charge in [0.15, 0.2) is 11.4 Å². The highest BCUT2D eigenvalue weighted by molar-refractivity contribution is 5.92. The molecule has 1 aromatic carbocycles. The van der Waals surface area contributed by atoms with E-state index in [2.05, 4.69) is 20.4 Å². The van der Waals surface area contributed by atoms with Gasteiger partial charge in [-0.2, -0.15) is 13.2 Å². The van der Waals surface area contributed by atoms with Crippen molar-refractivity contribution >= 4 is 11.8 Å². The molecule has 0 bridgehead atoms. The lowest BCUT2D eigenvalue weighted by molar-refractivity contribution is -0.141. The van der Waals surface area contributed by atoms with E-state index in [4.69, 9.17) is 0 Å². The number of benzene rings is 1. The number of hydrogen-bond donors (Lipinski definition) is 1. The van der Waals surface area contributed by atoms with Gasteiger partial charge in [-0.1, -0.05) is 25.0 Å². The fraction of sp³-hybridized carbons (Fsp3) is 0.556. The van der Waals surface area contributed by atoms with Crippen LogP contribution in [0.2, 0.25) is 0 Å². The maximum absolute atomic E-state index is 13.9. The van der Waals surface area contributed by atoms with Crippen molar-refractivity contribution in [2.75, 3.05) is 32.7 Å². The van der Waals surface area contributed by atoms with E-state index in [0.29, 0.717) is 19.5 Å². The summed E-state index contributed by atoms with van der Waals surface area (Å²) in [6, 6.07) is 7.94. The zero-order valence-corrected chi connectivity index (χ0v) is 21.0. The Balaban J connectivity index is 1.15. The smallest absolute Gasteiger partial charge is 0.349 e. The first-order valence-corrected chi connectivity index (χ1v) is 13.2. The summed E-state index contributed by atoms with van der Waals surface area (Å²) in [5.74, 6) is -0.177. The van der Waals surface area contributed by atoms with Crippen LogP contribution in [0.3, 0.4) is 0 Å². The number of rotatable bonds is 7. The average Bonchev–Trinajstić information content (AvgIpc) is 3.63. The van der Waals surface area contributed by atoms with Crippen LogP contribution in [0.25, 0.3) is 0 Å². The maximum atomic E-state index is 13.9. The van der Waals surface area contributed by atoms with Gasteiger partial charge >= 0.3 is 6.18 Å². The predicted octanol–water partition coefficient (Wildman–Crippen LogP) is 4.08. The van der Waals surface area contributed by atoms with Crippen molar-refractivity contribution in [1.29, 1.82) is 0 Å². The summed E-state index contributed by atoms with van der Waals surface area (Å²) in [5.41, 5.74) is -0.463. The number of carbonyl (C=O) groups is 2. The van der Waals surface area contributed by atoms with Gasteiger partial charge in [0.25, 0.3) is 5.91 Å². The fourth-order valence-electron chi connectivity index (χ4n) is 6.03. The van der Waals surface area contributed by atoms with E-state index < -0.39 is 17.8 Å². The summed E-state index contributed by atoms with van der Waals surface area (Å²) < 4.78 is 52.1. The quantitative estimate of drug-likeness (QED) is 0.543. The Kier molecular flexibility index (Phi) is 7.65. The Morgan fingerprint density at radius 3 is 2.32 bits per heavy atom. The highest BCUT2D eigenvalue weighted by Gasteiger charge is 2.42. The predicted molar refractivity (Wildman–Crippen MR) is 130 cm³/mol. The molecule has 0 unspecified atom stereocenters. The van der Waals surface area contributed by atoms with Crippen molar-refractivity contribution in [3.63, 3.8) is 0 Å². The van der Waals surface area contributed by atoms with Crippen molar-refractivity contribution < 1.29 is 27.2 Å². The number of aromatic nitrogens is 2. The van der Waals surface area contributed by atoms with Crippen LogP contribution in [0.4, 0.5) is 17.6 Å². The summed E-state index contributed by atoms with van der Waals surface area (Å²) >= 11 is 0. The molecule has 0 spiro atoms. The summed E-state index contributed by atoms with van der Waals surface area (Å²) in [6.07, 6.45) is -0.0513. The SMILES string of the molecule is O=C(N[C@@H](CCN1C[C@@H]2CN(C(=O)c3ccc(C(F)(F)F)nn3)C[C@@H]2C1)c1cccc(F)c1)C1CCCC1. The third-order valence-corrected chi connectivity index (χ3v) is 8.05. The summed E-state index contributed by atoms with van der Waals surface area (Å²) in [5, 5.41) is 9.82. The molecule has 7 nitrogen and oxygen atoms in total. The minimum Gasteiger partial charge on any atom is -0.349 e. The molecular formula is C27H31F4N5O2. The minimum atomic E-state index is -4.60. The summed E-state index contributed by atoms with van der Waals surface area (Å²) in [7, 11) is 0. The molecule has 38 heavy (non-hydrogen) atoms. The summed E-state index contributed by atoms with van der Waals surface area (Å²) in [4.78, 5) is 29.6. The van der Waals surface area contributed by atoms with Crippen LogP contribution >= 0.6 is 0 Å². The number of alkyl halides is 3. The number of halogens is 4. The van der Waals surface area contributed by atoms with Crippen LogP contribution in [0.5, 0.6) is 0 Å². The molecular weight excluding hydrogens is 502 g/mol. The molecule has 3 fully saturated rings. The maximum Gasteiger partial charge on any atom is 0.435 e. The van der Waals surface area contributed by atoms with Gasteiger partial charge in [0, 0.05) is 38.6 Å². The Bertz CT molecular complexity index is 1140. The molecule has 1 aliphatic carbocycles. The molecule has 2 amide bonds. The lowest BCUT2D eigenvalue weighted by atomic mass is 10.0. The van der Waals surface area contributed by atoms with E-state index in [1.54, 1.807) is 11.0 Å². The van der Waals surface area contributed by atoms with Crippen LogP contribution < -0.4 is 5.32 Å². The monoisotopic (exact) mass is 533 g/mol. The normalized spacial score (nSPS) is 23.0. The first kappa shape index (κ1) is 26.5. The lowest BCUT2D eigenvalue weighted by Crippen LogP contribution is -2.37. The van der Waals surface area contributed by atoms with Crippen molar-refractivity contribution in [3.8, 4) is 0 Å². The van der Waals surface area contributed by atoms with Crippen LogP contribution in [0.15, 0.2) is 36.4 Å². The molecule has 204 valence electrons. The minimum absolute atomic E-state index is 0.0232. The van der Waals surface area contributed by atoms with Crippen molar-refractivity contribution in [3.05, 3.63) is 59.2 Å². The average molecular weight is 534 g/mol. The van der Waals surface area contributed by atoms with Gasteiger partial charge in [-0.15, -0.1) is 10.2 Å². The Morgan fingerprint density at radius 2 is 1.71 bits per heavy atom. The van der Waals surface area contributed by atoms with Crippen molar-refractivity contribution in [2.24, 2.45) is 17.8 Å². The molecule has 1 aromatic heterocycles. The van der Waals surface area contributed by atoms with E-state index in [1.165, 1.54) is 12.1 Å². The Labute approximate surface area is 218 Å². The molecule has 2 aliphatic heterocycles. The molecule has 0 radical (unpaired) electrons. The fourth-order valence-corrected chi connectivity index (χ4v) is 6.03. The molecule has 2 aromatic rings. The highest BCUT2D eigenvalue weighted by atomic mass is 19.4. The Morgan fingerprint density at radius 1 is 1.00 bits per heavy atom. The number of nitrogens with zero attached hydrogens (tertiary/aromatic N) is 4. The molecule has 3 atom stereocenters. The second-order valence-electron chi connectivity index (χ2n) is 10.7. The molecule has 3 heterocycles. The van der Waals surface area contributed by atoms with Crippen LogP contribution in [0, 0.1) is 23.6 Å². The Hall–Kier alpha value is -3.08. The second-order valence-corrected chi connectivity index (χ2v) is 10.7. The zero-order chi connectivity index (χ0) is 26.9. The molecule has 11 heteroatoms. The molecule has 1 N–H and O–H groups in total. The molecule has 5 rings (SSSR count). The number of fused-ring (bicyclic) bond motifs is 1. The van der Waals surface area contributed by atoms with Gasteiger partial charge in [0.1, 0.15) is 5.82 Å². The highest BCUT2D eigenvalue weighted by Crippen LogP contribution is 2.33. The van der Waals surface area contributed by atoms with E-state index in [-0.39, 0.29) is 41.2 Å². The van der Waals surface area contributed by atoms with Gasteiger partial charge < -0.3 is 15.1 Å². The topological polar surface area (TPSA) is 78.4 Å². The van der Waals surface area contributed by atoms with Crippen LogP contribution in [-0.2, 0) is 11.0 Å². The van der Waals surface area contributed by atoms with E-state index >= 15 is 0 Å². The number of nitrogens with one attached hydrogen (secondary N) is 1. The van der Waals surface area contributed by atoms with E-state index in [9.17, 15) is 27.2 Å². The first-order chi connectivity index (χ1) is 18.2. The van der Waals surface area contributed by atoms with E-state index in [1.807, 2.05) is 6.07 Å². The van der Waals surface area contributed by atoms with Gasteiger partial charge in [0.2, 0.25) is 5.91 Å². The second kappa shape index (κ2) is 11.0. The van der Waals surface area contributed by atoms with Gasteiger partial charge in [-0.25, -0.2) is 4.39 Å². The largest absolute Gasteiger partial charge is 0.435 e. The number of amides is 2. The standard InChI is InChI=1S/C27H31F4N5O2/c28-21-7-3-6-18(12-21)22(32-25(37)17-4-1-2-5-17)10-11-35-13-19-15-36(16-20(19)14-35)26(38)23-8-9-24(34-33-23)27(29,30)31/h3,6-9,12,17,19-20,22H,1-2,4-5,10-11,13-16H2,(H,32,37)/t19-,20+,22-/m0/s1. The van der Waals surface area contributed by atoms with Crippen molar-refractivity contribution in [1.82, 2.24) is 25.3 Å². The molecule has 1 saturated carbocycles. The number of hydrogen-bond acceptors (Lipinski definition) is 5. The summed E-state index contributed by atoms with van der Waals surface area (Å²) in [6.45, 7) is 3.29. The zero-order valence-electron chi connectivity index (χ0n) is 21.0. The third kappa shape index (κ3) is 5.98. The number of likely N-dealkylation sites (tertiary alicyclic amines) is 2. The van der Waals surface area contributed by atoms with Gasteiger partial charge in [0.05, 0.1) is 6.04 Å². The molecule has 2 saturated heterocycles. The van der Waals surface area contributed by atoms with Gasteiger partial charge in [-0.05, 0) is 60.9 Å². The van der Waals surface area contributed by atoms with Crippen LogP contribution in [-0.4, -0.2) is 64.5 Å². The van der Waals surface area contributed by atoms with E-state index in [0.717, 1.165) is 63.0 Å². The van der Waals surface area contributed by atoms with Crippen LogP contribution in [0.1, 0.15) is 59.9 Å². The molecule has 3 aliphatic rings. The van der Waals surface area contributed by atoms with Gasteiger partial charge in [-0.3, -0.25) is 9.59 Å². The third-order valence-electron chi connectivity index (χ3n) is 8.05. The number of carbonyl (C=O) groups excluding carboxylic acids is 2. The first-order valence-electron chi connectivity index (χ1n) is 13.2. The lowest BCUT2D eigenvalue weighted by Gasteiger charge is -2.25.